The van der Waals surface area contributed by atoms with Crippen molar-refractivity contribution < 1.29 is 0 Å². The van der Waals surface area contributed by atoms with E-state index in [0.717, 1.165) is 46.1 Å². The molecule has 0 aliphatic carbocycles. The van der Waals surface area contributed by atoms with Gasteiger partial charge in [0.1, 0.15) is 0 Å². The van der Waals surface area contributed by atoms with E-state index in [1.54, 1.807) is 0 Å². The first kappa shape index (κ1) is 20.2. The predicted octanol–water partition coefficient (Wildman–Crippen LogP) is 6.93. The van der Waals surface area contributed by atoms with Gasteiger partial charge < -0.3 is 0 Å². The molecule has 0 amide bonds. The Morgan fingerprint density at radius 2 is 0.556 bits per heavy atom. The summed E-state index contributed by atoms with van der Waals surface area (Å²) < 4.78 is 5.69. The molecule has 0 aromatic heterocycles. The molecule has 0 nitrogen and oxygen atoms in total. The van der Waals surface area contributed by atoms with Crippen LogP contribution in [0.25, 0.3) is 0 Å². The molecular formula is C9H18Cl6Te3. The van der Waals surface area contributed by atoms with Crippen LogP contribution < -0.4 is 0 Å². The fourth-order valence-electron chi connectivity index (χ4n) is 1.75. The minimum absolute atomic E-state index is 0.948. The van der Waals surface area contributed by atoms with Crippen LogP contribution in [0.3, 0.4) is 0 Å². The van der Waals surface area contributed by atoms with Gasteiger partial charge in [0.2, 0.25) is 0 Å². The van der Waals surface area contributed by atoms with Crippen molar-refractivity contribution in [3.8, 4) is 0 Å². The van der Waals surface area contributed by atoms with Crippen molar-refractivity contribution in [1.29, 1.82) is 0 Å². The van der Waals surface area contributed by atoms with Crippen molar-refractivity contribution >= 4 is 102 Å². The van der Waals surface area contributed by atoms with Crippen LogP contribution in [-0.4, -0.2) is 47.8 Å². The van der Waals surface area contributed by atoms with E-state index in [4.69, 9.17) is 53.8 Å². The molecule has 0 unspecified atom stereocenters. The second-order valence-corrected chi connectivity index (χ2v) is 50.3. The predicted molar refractivity (Wildman–Crippen MR) is 95.1 cm³/mol. The molecule has 9 heteroatoms. The molecule has 1 aliphatic heterocycles. The summed E-state index contributed by atoms with van der Waals surface area (Å²) in [5.41, 5.74) is 0. The van der Waals surface area contributed by atoms with E-state index in [1.807, 2.05) is 0 Å². The van der Waals surface area contributed by atoms with E-state index >= 15 is 0 Å². The molecule has 0 spiro atoms. The Balaban J connectivity index is 2.63. The third kappa shape index (κ3) is 9.29. The molecule has 0 N–H and O–H groups in total. The Morgan fingerprint density at radius 3 is 0.722 bits per heavy atom. The van der Waals surface area contributed by atoms with Gasteiger partial charge in [0, 0.05) is 0 Å². The summed E-state index contributed by atoms with van der Waals surface area (Å²) in [4.78, 5) is 0. The molecule has 18 heavy (non-hydrogen) atoms. The van der Waals surface area contributed by atoms with E-state index in [0.29, 0.717) is 0 Å². The molecule has 1 fully saturated rings. The van der Waals surface area contributed by atoms with Crippen molar-refractivity contribution in [2.45, 2.75) is 46.1 Å². The molecule has 0 bridgehead atoms. The molecule has 1 aliphatic rings. The van der Waals surface area contributed by atoms with Gasteiger partial charge in [0.05, 0.1) is 0 Å². The molecule has 1 heterocycles. The van der Waals surface area contributed by atoms with E-state index in [-0.39, 0.29) is 0 Å². The second kappa shape index (κ2) is 8.82. The first-order valence-electron chi connectivity index (χ1n) is 5.66. The molecule has 0 aromatic rings. The normalized spacial score (nSPS) is 34.3. The maximum atomic E-state index is 6.48. The topological polar surface area (TPSA) is 0 Å². The summed E-state index contributed by atoms with van der Waals surface area (Å²) in [5.74, 6) is 0. The molecular weight excluding hydrogens is 704 g/mol. The quantitative estimate of drug-likeness (QED) is 0.238. The van der Waals surface area contributed by atoms with Crippen LogP contribution in [0, 0.1) is 0 Å². The number of hydrogen-bond acceptors (Lipinski definition) is 0. The standard InChI is InChI=1S/C9H18Cl6Te3/c10-16(11)4-1-5-17(12,13)7-3-9-18(14,15)8-2-6-16/h1-9H2. The van der Waals surface area contributed by atoms with Crippen molar-refractivity contribution in [2.24, 2.45) is 0 Å². The van der Waals surface area contributed by atoms with Gasteiger partial charge >= 0.3 is 148 Å². The Bertz CT molecular complexity index is 210. The average Bonchev–Trinajstić information content (AvgIpc) is 2.13. The zero-order chi connectivity index (χ0) is 13.9. The summed E-state index contributed by atoms with van der Waals surface area (Å²) in [6.07, 6.45) is 3.03. The van der Waals surface area contributed by atoms with Crippen molar-refractivity contribution in [2.75, 3.05) is 0 Å². The van der Waals surface area contributed by atoms with Gasteiger partial charge in [-0.15, -0.1) is 0 Å². The molecule has 1 saturated heterocycles. The van der Waals surface area contributed by atoms with Crippen molar-refractivity contribution in [3.05, 3.63) is 0 Å². The van der Waals surface area contributed by atoms with Gasteiger partial charge in [-0.3, -0.25) is 0 Å². The third-order valence-corrected chi connectivity index (χ3v) is 30.3. The van der Waals surface area contributed by atoms with Crippen LogP contribution in [0.2, 0.25) is 26.8 Å². The van der Waals surface area contributed by atoms with E-state index in [1.165, 1.54) is 0 Å². The van der Waals surface area contributed by atoms with Gasteiger partial charge in [-0.1, -0.05) is 0 Å². The number of hydrogen-bond donors (Lipinski definition) is 0. The minimum atomic E-state index is -2.66. The zero-order valence-electron chi connectivity index (χ0n) is 9.86. The molecule has 0 aromatic carbocycles. The van der Waals surface area contributed by atoms with E-state index < -0.39 is 47.8 Å². The first-order chi connectivity index (χ1) is 8.12. The fraction of sp³-hybridized carbons (Fsp3) is 1.00. The molecule has 114 valence electrons. The van der Waals surface area contributed by atoms with Gasteiger partial charge in [-0.2, -0.15) is 0 Å². The SMILES string of the molecule is Cl[Te]1(Cl)CCC[Te](Cl)(Cl)CCC[Te](Cl)(Cl)CCC1. The Labute approximate surface area is 145 Å². The summed E-state index contributed by atoms with van der Waals surface area (Å²) in [6.45, 7) is 0. The van der Waals surface area contributed by atoms with Crippen LogP contribution in [0.15, 0.2) is 0 Å². The zero-order valence-corrected chi connectivity index (χ0v) is 21.4. The number of halogens is 6. The fourth-order valence-corrected chi connectivity index (χ4v) is 27.3. The summed E-state index contributed by atoms with van der Waals surface area (Å²) in [5, 5.41) is 0. The average molecular weight is 722 g/mol. The third-order valence-electron chi connectivity index (χ3n) is 2.66. The van der Waals surface area contributed by atoms with E-state index in [2.05, 4.69) is 0 Å². The molecule has 1 rings (SSSR count). The van der Waals surface area contributed by atoms with Crippen LogP contribution in [-0.2, 0) is 0 Å². The monoisotopic (exact) mass is 726 g/mol. The Morgan fingerprint density at radius 1 is 0.389 bits per heavy atom. The van der Waals surface area contributed by atoms with Crippen LogP contribution in [0.4, 0.5) is 0 Å². The summed E-state index contributed by atoms with van der Waals surface area (Å²) in [6, 6.07) is 0. The van der Waals surface area contributed by atoms with Crippen LogP contribution >= 0.6 is 53.8 Å². The van der Waals surface area contributed by atoms with Gasteiger partial charge in [0.25, 0.3) is 0 Å². The van der Waals surface area contributed by atoms with Crippen LogP contribution in [0.1, 0.15) is 19.3 Å². The molecule has 0 radical (unpaired) electrons. The molecule has 0 atom stereocenters. The van der Waals surface area contributed by atoms with E-state index in [9.17, 15) is 0 Å². The Kier molecular flexibility index (Phi) is 9.88. The summed E-state index contributed by atoms with van der Waals surface area (Å²) in [7, 11) is 38.9. The van der Waals surface area contributed by atoms with Crippen LogP contribution in [0.5, 0.6) is 0 Å². The summed E-state index contributed by atoms with van der Waals surface area (Å²) >= 11 is -7.97. The second-order valence-electron chi connectivity index (χ2n) is 4.38. The maximum absolute atomic E-state index is 6.48. The Hall–Kier alpha value is 4.11. The van der Waals surface area contributed by atoms with Gasteiger partial charge in [-0.25, -0.2) is 0 Å². The van der Waals surface area contributed by atoms with Gasteiger partial charge in [-0.05, 0) is 0 Å². The van der Waals surface area contributed by atoms with Crippen molar-refractivity contribution in [1.82, 2.24) is 0 Å². The first-order valence-corrected chi connectivity index (χ1v) is 33.3. The van der Waals surface area contributed by atoms with Gasteiger partial charge in [0.15, 0.2) is 0 Å². The van der Waals surface area contributed by atoms with Crippen molar-refractivity contribution in [3.63, 3.8) is 0 Å². The number of rotatable bonds is 0. The molecule has 0 saturated carbocycles.